The van der Waals surface area contributed by atoms with Crippen LogP contribution in [0.3, 0.4) is 0 Å². The highest BCUT2D eigenvalue weighted by atomic mass is 16.6. The second-order valence-electron chi connectivity index (χ2n) is 5.29. The number of hydrogen-bond acceptors (Lipinski definition) is 5. The van der Waals surface area contributed by atoms with Gasteiger partial charge in [0.05, 0.1) is 23.0 Å². The standard InChI is InChI=1S/C16H12N6O2/c1-11-2-3-12(22(23)24)8-14(11)20-7-4-16-19-10-15(21(16)20)13-9-17-5-6-18-13/h2-10H,1H3. The maximum absolute atomic E-state index is 11.1. The molecule has 0 spiro atoms. The van der Waals surface area contributed by atoms with Gasteiger partial charge in [-0.1, -0.05) is 6.07 Å². The minimum absolute atomic E-state index is 0.0404. The zero-order chi connectivity index (χ0) is 16.7. The Morgan fingerprint density at radius 2 is 2.00 bits per heavy atom. The molecule has 0 unspecified atom stereocenters. The van der Waals surface area contributed by atoms with Crippen LogP contribution >= 0.6 is 0 Å². The summed E-state index contributed by atoms with van der Waals surface area (Å²) in [4.78, 5) is 23.5. The number of nitro benzene ring substituents is 1. The van der Waals surface area contributed by atoms with Crippen LogP contribution in [0.5, 0.6) is 0 Å². The van der Waals surface area contributed by atoms with Crippen molar-refractivity contribution in [2.45, 2.75) is 6.92 Å². The second kappa shape index (κ2) is 5.27. The number of non-ortho nitro benzene ring substituents is 1. The lowest BCUT2D eigenvalue weighted by Crippen LogP contribution is -2.06. The summed E-state index contributed by atoms with van der Waals surface area (Å²) in [6.07, 6.45) is 8.41. The van der Waals surface area contributed by atoms with Gasteiger partial charge in [0.15, 0.2) is 5.65 Å². The minimum Gasteiger partial charge on any atom is -0.261 e. The van der Waals surface area contributed by atoms with E-state index in [-0.39, 0.29) is 5.69 Å². The summed E-state index contributed by atoms with van der Waals surface area (Å²) in [6, 6.07) is 6.63. The lowest BCUT2D eigenvalue weighted by molar-refractivity contribution is -0.384. The minimum atomic E-state index is -0.402. The van der Waals surface area contributed by atoms with Gasteiger partial charge in [0.1, 0.15) is 11.4 Å². The molecular weight excluding hydrogens is 308 g/mol. The quantitative estimate of drug-likeness (QED) is 0.427. The molecule has 3 heterocycles. The molecule has 118 valence electrons. The zero-order valence-corrected chi connectivity index (χ0v) is 12.7. The molecule has 4 aromatic rings. The first-order valence-electron chi connectivity index (χ1n) is 7.22. The van der Waals surface area contributed by atoms with Gasteiger partial charge < -0.3 is 0 Å². The van der Waals surface area contributed by atoms with Gasteiger partial charge in [-0.3, -0.25) is 24.8 Å². The van der Waals surface area contributed by atoms with E-state index >= 15 is 0 Å². The Morgan fingerprint density at radius 3 is 2.75 bits per heavy atom. The van der Waals surface area contributed by atoms with E-state index in [9.17, 15) is 10.1 Å². The van der Waals surface area contributed by atoms with Gasteiger partial charge in [0.25, 0.3) is 5.69 Å². The molecule has 1 aromatic carbocycles. The summed E-state index contributed by atoms with van der Waals surface area (Å²) in [7, 11) is 0. The van der Waals surface area contributed by atoms with Crippen LogP contribution in [0.2, 0.25) is 0 Å². The van der Waals surface area contributed by atoms with Crippen LogP contribution in [0.1, 0.15) is 5.56 Å². The van der Waals surface area contributed by atoms with Crippen LogP contribution < -0.4 is 0 Å². The normalized spacial score (nSPS) is 11.0. The van der Waals surface area contributed by atoms with E-state index in [1.54, 1.807) is 36.9 Å². The third-order valence-electron chi connectivity index (χ3n) is 3.82. The van der Waals surface area contributed by atoms with E-state index in [0.29, 0.717) is 11.4 Å². The van der Waals surface area contributed by atoms with Gasteiger partial charge in [0.2, 0.25) is 0 Å². The van der Waals surface area contributed by atoms with Crippen molar-refractivity contribution in [2.75, 3.05) is 0 Å². The maximum atomic E-state index is 11.1. The van der Waals surface area contributed by atoms with E-state index in [1.807, 2.05) is 28.4 Å². The molecule has 8 nitrogen and oxygen atoms in total. The molecule has 0 atom stereocenters. The van der Waals surface area contributed by atoms with Crippen LogP contribution in [0.25, 0.3) is 22.7 Å². The lowest BCUT2D eigenvalue weighted by atomic mass is 10.2. The predicted octanol–water partition coefficient (Wildman–Crippen LogP) is 2.80. The lowest BCUT2D eigenvalue weighted by Gasteiger charge is -2.11. The maximum Gasteiger partial charge on any atom is 0.271 e. The summed E-state index contributed by atoms with van der Waals surface area (Å²) in [5.74, 6) is 0. The van der Waals surface area contributed by atoms with Gasteiger partial charge in [0, 0.05) is 36.8 Å². The Hall–Kier alpha value is -3.55. The Morgan fingerprint density at radius 1 is 1.12 bits per heavy atom. The molecule has 0 bridgehead atoms. The molecule has 0 N–H and O–H groups in total. The molecule has 3 aromatic heterocycles. The molecular formula is C16H12N6O2. The van der Waals surface area contributed by atoms with Crippen molar-refractivity contribution in [3.8, 4) is 17.1 Å². The molecule has 0 radical (unpaired) electrons. The van der Waals surface area contributed by atoms with Crippen LogP contribution in [0.15, 0.2) is 55.2 Å². The summed E-state index contributed by atoms with van der Waals surface area (Å²) in [5.41, 5.74) is 3.82. The highest BCUT2D eigenvalue weighted by molar-refractivity contribution is 5.60. The summed E-state index contributed by atoms with van der Waals surface area (Å²) < 4.78 is 3.69. The van der Waals surface area contributed by atoms with Crippen molar-refractivity contribution >= 4 is 11.3 Å². The van der Waals surface area contributed by atoms with Gasteiger partial charge in [-0.05, 0) is 12.5 Å². The fourth-order valence-corrected chi connectivity index (χ4v) is 2.66. The summed E-state index contributed by atoms with van der Waals surface area (Å²) >= 11 is 0. The molecule has 0 amide bonds. The monoisotopic (exact) mass is 320 g/mol. The molecule has 0 aliphatic rings. The fraction of sp³-hybridized carbons (Fsp3) is 0.0625. The van der Waals surface area contributed by atoms with E-state index in [2.05, 4.69) is 15.0 Å². The van der Waals surface area contributed by atoms with Crippen LogP contribution in [-0.4, -0.2) is 29.1 Å². The first kappa shape index (κ1) is 14.1. The van der Waals surface area contributed by atoms with Gasteiger partial charge in [-0.15, -0.1) is 0 Å². The van der Waals surface area contributed by atoms with Gasteiger partial charge >= 0.3 is 0 Å². The number of rotatable bonds is 3. The Kier molecular flexibility index (Phi) is 3.09. The summed E-state index contributed by atoms with van der Waals surface area (Å²) in [6.45, 7) is 1.91. The van der Waals surface area contributed by atoms with E-state index < -0.39 is 4.92 Å². The number of hydrogen-bond donors (Lipinski definition) is 0. The number of nitro groups is 1. The fourth-order valence-electron chi connectivity index (χ4n) is 2.66. The highest BCUT2D eigenvalue weighted by Crippen LogP contribution is 2.25. The Balaban J connectivity index is 1.97. The van der Waals surface area contributed by atoms with Crippen molar-refractivity contribution in [3.05, 3.63) is 70.9 Å². The molecule has 0 fully saturated rings. The highest BCUT2D eigenvalue weighted by Gasteiger charge is 2.15. The number of nitrogens with zero attached hydrogens (tertiary/aromatic N) is 6. The van der Waals surface area contributed by atoms with E-state index in [0.717, 1.165) is 16.9 Å². The largest absolute Gasteiger partial charge is 0.271 e. The zero-order valence-electron chi connectivity index (χ0n) is 12.7. The van der Waals surface area contributed by atoms with Crippen LogP contribution in [-0.2, 0) is 0 Å². The second-order valence-corrected chi connectivity index (χ2v) is 5.29. The molecule has 0 saturated carbocycles. The number of fused-ring (bicyclic) bond motifs is 1. The first-order chi connectivity index (χ1) is 11.6. The number of aryl methyl sites for hydroxylation is 1. The van der Waals surface area contributed by atoms with Crippen molar-refractivity contribution < 1.29 is 4.92 Å². The molecule has 0 aliphatic heterocycles. The Labute approximate surface area is 136 Å². The van der Waals surface area contributed by atoms with Crippen LogP contribution in [0.4, 0.5) is 5.69 Å². The Bertz CT molecular complexity index is 1050. The van der Waals surface area contributed by atoms with E-state index in [1.165, 1.54) is 6.07 Å². The van der Waals surface area contributed by atoms with Gasteiger partial charge in [-0.2, -0.15) is 0 Å². The average molecular weight is 320 g/mol. The smallest absolute Gasteiger partial charge is 0.261 e. The molecule has 4 rings (SSSR count). The molecule has 0 saturated heterocycles. The third-order valence-corrected chi connectivity index (χ3v) is 3.82. The third kappa shape index (κ3) is 2.12. The van der Waals surface area contributed by atoms with Crippen molar-refractivity contribution in [2.24, 2.45) is 0 Å². The number of aromatic nitrogens is 5. The van der Waals surface area contributed by atoms with Crippen molar-refractivity contribution in [1.29, 1.82) is 0 Å². The molecule has 24 heavy (non-hydrogen) atoms. The van der Waals surface area contributed by atoms with Crippen molar-refractivity contribution in [1.82, 2.24) is 24.1 Å². The first-order valence-corrected chi connectivity index (χ1v) is 7.22. The predicted molar refractivity (Wildman–Crippen MR) is 86.9 cm³/mol. The average Bonchev–Trinajstić information content (AvgIpc) is 3.18. The molecule has 8 heteroatoms. The SMILES string of the molecule is Cc1ccc([N+](=O)[O-])cc1-n1ccc2ncc(-c3cnccn3)n21. The van der Waals surface area contributed by atoms with Crippen LogP contribution in [0, 0.1) is 17.0 Å². The summed E-state index contributed by atoms with van der Waals surface area (Å²) in [5, 5.41) is 11.1. The number of imidazole rings is 1. The number of benzene rings is 1. The van der Waals surface area contributed by atoms with E-state index in [4.69, 9.17) is 0 Å². The molecule has 0 aliphatic carbocycles. The van der Waals surface area contributed by atoms with Crippen molar-refractivity contribution in [3.63, 3.8) is 0 Å². The van der Waals surface area contributed by atoms with Gasteiger partial charge in [-0.25, -0.2) is 9.50 Å². The topological polar surface area (TPSA) is 91.1 Å².